The fourth-order valence-corrected chi connectivity index (χ4v) is 4.91. The highest BCUT2D eigenvalue weighted by molar-refractivity contribution is 8.00. The molecule has 0 amide bonds. The third kappa shape index (κ3) is 4.16. The molecule has 144 valence electrons. The summed E-state index contributed by atoms with van der Waals surface area (Å²) in [6, 6.07) is 7.34. The number of hydrogen-bond donors (Lipinski definition) is 0. The minimum atomic E-state index is -0.414. The van der Waals surface area contributed by atoms with E-state index >= 15 is 0 Å². The van der Waals surface area contributed by atoms with E-state index in [0.29, 0.717) is 28.8 Å². The average Bonchev–Trinajstić information content (AvgIpc) is 3.15. The van der Waals surface area contributed by atoms with Crippen LogP contribution in [-0.4, -0.2) is 40.2 Å². The van der Waals surface area contributed by atoms with Gasteiger partial charge in [-0.3, -0.25) is 14.2 Å². The van der Waals surface area contributed by atoms with Crippen molar-refractivity contribution in [1.29, 1.82) is 0 Å². The standard InChI is InChI=1S/C19H22N2O4S2/c1-4-15(18(23)24-3)27-19-20-14-10-11-26-16(14)17(22)21(19)12-6-8-13(9-7-12)25-5-2/h6-9,15H,4-5,10-11H2,1-3H3/t15-/m0/s1. The maximum Gasteiger partial charge on any atom is 0.319 e. The highest BCUT2D eigenvalue weighted by Gasteiger charge is 2.26. The van der Waals surface area contributed by atoms with Crippen LogP contribution in [0.25, 0.3) is 5.69 Å². The molecule has 3 rings (SSSR count). The largest absolute Gasteiger partial charge is 0.494 e. The molecule has 0 bridgehead atoms. The first-order valence-corrected chi connectivity index (χ1v) is 10.7. The van der Waals surface area contributed by atoms with Crippen molar-refractivity contribution in [3.05, 3.63) is 40.3 Å². The minimum absolute atomic E-state index is 0.0890. The van der Waals surface area contributed by atoms with Crippen molar-refractivity contribution < 1.29 is 14.3 Å². The summed E-state index contributed by atoms with van der Waals surface area (Å²) < 4.78 is 12.0. The lowest BCUT2D eigenvalue weighted by Gasteiger charge is -2.17. The van der Waals surface area contributed by atoms with Crippen molar-refractivity contribution >= 4 is 29.5 Å². The highest BCUT2D eigenvalue weighted by atomic mass is 32.2. The smallest absolute Gasteiger partial charge is 0.319 e. The predicted molar refractivity (Wildman–Crippen MR) is 107 cm³/mol. The molecule has 6 nitrogen and oxygen atoms in total. The quantitative estimate of drug-likeness (QED) is 0.397. The molecule has 0 fully saturated rings. The van der Waals surface area contributed by atoms with Crippen molar-refractivity contribution in [1.82, 2.24) is 9.55 Å². The first-order chi connectivity index (χ1) is 13.1. The summed E-state index contributed by atoms with van der Waals surface area (Å²) in [7, 11) is 1.37. The molecule has 1 aromatic heterocycles. The molecule has 0 spiro atoms. The zero-order valence-electron chi connectivity index (χ0n) is 15.6. The number of carbonyl (C=O) groups is 1. The van der Waals surface area contributed by atoms with E-state index < -0.39 is 5.25 Å². The van der Waals surface area contributed by atoms with Gasteiger partial charge in [0, 0.05) is 12.2 Å². The van der Waals surface area contributed by atoms with Crippen LogP contribution in [0.2, 0.25) is 0 Å². The summed E-state index contributed by atoms with van der Waals surface area (Å²) in [5.41, 5.74) is 1.43. The highest BCUT2D eigenvalue weighted by Crippen LogP contribution is 2.32. The van der Waals surface area contributed by atoms with Crippen LogP contribution in [0.15, 0.2) is 39.1 Å². The molecule has 0 saturated heterocycles. The maximum atomic E-state index is 13.1. The molecule has 8 heteroatoms. The van der Waals surface area contributed by atoms with Gasteiger partial charge < -0.3 is 9.47 Å². The number of aryl methyl sites for hydroxylation is 1. The molecular formula is C19H22N2O4S2. The van der Waals surface area contributed by atoms with E-state index in [1.807, 2.05) is 38.1 Å². The van der Waals surface area contributed by atoms with Gasteiger partial charge in [0.05, 0.1) is 30.0 Å². The van der Waals surface area contributed by atoms with E-state index in [1.54, 1.807) is 4.57 Å². The summed E-state index contributed by atoms with van der Waals surface area (Å²) in [5, 5.41) is 0.102. The number of fused-ring (bicyclic) bond motifs is 1. The number of rotatable bonds is 7. The molecule has 0 saturated carbocycles. The molecule has 2 aromatic rings. The van der Waals surface area contributed by atoms with Crippen molar-refractivity contribution in [2.24, 2.45) is 0 Å². The van der Waals surface area contributed by atoms with Gasteiger partial charge in [0.2, 0.25) is 0 Å². The Labute approximate surface area is 166 Å². The zero-order chi connectivity index (χ0) is 19.4. The van der Waals surface area contributed by atoms with E-state index in [9.17, 15) is 9.59 Å². The van der Waals surface area contributed by atoms with Gasteiger partial charge in [-0.2, -0.15) is 0 Å². The van der Waals surface area contributed by atoms with Gasteiger partial charge >= 0.3 is 5.97 Å². The van der Waals surface area contributed by atoms with Gasteiger partial charge in [-0.05, 0) is 37.6 Å². The monoisotopic (exact) mass is 406 g/mol. The van der Waals surface area contributed by atoms with Gasteiger partial charge in [-0.1, -0.05) is 18.7 Å². The van der Waals surface area contributed by atoms with Gasteiger partial charge in [0.25, 0.3) is 5.56 Å². The zero-order valence-corrected chi connectivity index (χ0v) is 17.2. The Morgan fingerprint density at radius 1 is 1.33 bits per heavy atom. The lowest BCUT2D eigenvalue weighted by atomic mass is 10.3. The average molecular weight is 407 g/mol. The number of nitrogens with zero attached hydrogens (tertiary/aromatic N) is 2. The van der Waals surface area contributed by atoms with E-state index in [1.165, 1.54) is 30.6 Å². The Hall–Kier alpha value is -1.93. The molecular weight excluding hydrogens is 384 g/mol. The van der Waals surface area contributed by atoms with Crippen LogP contribution in [0.1, 0.15) is 26.0 Å². The number of hydrogen-bond acceptors (Lipinski definition) is 7. The second-order valence-corrected chi connectivity index (χ2v) is 8.15. The number of esters is 1. The third-order valence-corrected chi connectivity index (χ3v) is 6.56. The molecule has 0 N–H and O–H groups in total. The first-order valence-electron chi connectivity index (χ1n) is 8.85. The topological polar surface area (TPSA) is 70.4 Å². The predicted octanol–water partition coefficient (Wildman–Crippen LogP) is 3.32. The second kappa shape index (κ2) is 8.84. The van der Waals surface area contributed by atoms with E-state index in [0.717, 1.165) is 23.6 Å². The van der Waals surface area contributed by atoms with Crippen molar-refractivity contribution in [2.75, 3.05) is 19.5 Å². The number of methoxy groups -OCH3 is 1. The molecule has 2 heterocycles. The van der Waals surface area contributed by atoms with Gasteiger partial charge in [0.1, 0.15) is 11.0 Å². The summed E-state index contributed by atoms with van der Waals surface area (Å²) >= 11 is 2.81. The molecule has 1 aromatic carbocycles. The molecule has 0 radical (unpaired) electrons. The Morgan fingerprint density at radius 2 is 2.07 bits per heavy atom. The van der Waals surface area contributed by atoms with E-state index in [-0.39, 0.29) is 11.5 Å². The third-order valence-electron chi connectivity index (χ3n) is 4.16. The maximum absolute atomic E-state index is 13.1. The molecule has 27 heavy (non-hydrogen) atoms. The fourth-order valence-electron chi connectivity index (χ4n) is 2.81. The molecule has 1 aliphatic heterocycles. The Morgan fingerprint density at radius 3 is 2.70 bits per heavy atom. The minimum Gasteiger partial charge on any atom is -0.494 e. The van der Waals surface area contributed by atoms with Crippen LogP contribution < -0.4 is 10.3 Å². The van der Waals surface area contributed by atoms with Crippen LogP contribution in [0.3, 0.4) is 0 Å². The Kier molecular flexibility index (Phi) is 6.49. The summed E-state index contributed by atoms with van der Waals surface area (Å²) in [4.78, 5) is 30.6. The molecule has 1 atom stereocenters. The van der Waals surface area contributed by atoms with E-state index in [4.69, 9.17) is 14.5 Å². The van der Waals surface area contributed by atoms with Crippen molar-refractivity contribution in [3.63, 3.8) is 0 Å². The lowest BCUT2D eigenvalue weighted by Crippen LogP contribution is -2.26. The van der Waals surface area contributed by atoms with Crippen molar-refractivity contribution in [3.8, 4) is 11.4 Å². The van der Waals surface area contributed by atoms with Crippen LogP contribution >= 0.6 is 23.5 Å². The lowest BCUT2D eigenvalue weighted by molar-refractivity contribution is -0.140. The fraction of sp³-hybridized carbons (Fsp3) is 0.421. The van der Waals surface area contributed by atoms with E-state index in [2.05, 4.69) is 0 Å². The number of benzene rings is 1. The van der Waals surface area contributed by atoms with Crippen LogP contribution in [0.5, 0.6) is 5.75 Å². The first kappa shape index (κ1) is 19.8. The Bertz CT molecular complexity index is 881. The van der Waals surface area contributed by atoms with Crippen molar-refractivity contribution in [2.45, 2.75) is 42.0 Å². The number of aromatic nitrogens is 2. The van der Waals surface area contributed by atoms with Crippen LogP contribution in [-0.2, 0) is 16.0 Å². The van der Waals surface area contributed by atoms with Gasteiger partial charge in [-0.25, -0.2) is 4.98 Å². The van der Waals surface area contributed by atoms with Crippen LogP contribution in [0.4, 0.5) is 0 Å². The number of ether oxygens (including phenoxy) is 2. The van der Waals surface area contributed by atoms with Crippen LogP contribution in [0, 0.1) is 0 Å². The Balaban J connectivity index is 2.08. The number of carbonyl (C=O) groups excluding carboxylic acids is 1. The second-order valence-electron chi connectivity index (χ2n) is 5.87. The summed E-state index contributed by atoms with van der Waals surface area (Å²) in [6.07, 6.45) is 1.35. The summed E-state index contributed by atoms with van der Waals surface area (Å²) in [6.45, 7) is 4.42. The number of thioether (sulfide) groups is 2. The van der Waals surface area contributed by atoms with Gasteiger partial charge in [-0.15, -0.1) is 11.8 Å². The molecule has 1 aliphatic rings. The summed E-state index contributed by atoms with van der Waals surface area (Å²) in [5.74, 6) is 1.28. The normalized spacial score (nSPS) is 13.9. The SMILES string of the molecule is CCOc1ccc(-n2c(S[C@@H](CC)C(=O)OC)nc3c(c2=O)SCC3)cc1. The molecule has 0 aliphatic carbocycles. The van der Waals surface area contributed by atoms with Gasteiger partial charge in [0.15, 0.2) is 5.16 Å². The molecule has 0 unspecified atom stereocenters.